The highest BCUT2D eigenvalue weighted by atomic mass is 16.5. The highest BCUT2D eigenvalue weighted by Gasteiger charge is 2.03. The molecule has 4 N–H and O–H groups in total. The van der Waals surface area contributed by atoms with Crippen molar-refractivity contribution in [2.75, 3.05) is 11.5 Å². The van der Waals surface area contributed by atoms with Crippen molar-refractivity contribution in [3.63, 3.8) is 0 Å². The van der Waals surface area contributed by atoms with Crippen LogP contribution in [-0.4, -0.2) is 0 Å². The van der Waals surface area contributed by atoms with E-state index in [1.54, 1.807) is 12.1 Å². The summed E-state index contributed by atoms with van der Waals surface area (Å²) < 4.78 is 5.80. The van der Waals surface area contributed by atoms with E-state index in [0.717, 1.165) is 12.2 Å². The monoisotopic (exact) mass is 228 g/mol. The SMILES string of the molecule is CCc1ccccc1Oc1ccc(N)c(N)c1. The largest absolute Gasteiger partial charge is 0.457 e. The van der Waals surface area contributed by atoms with Crippen molar-refractivity contribution in [3.05, 3.63) is 48.0 Å². The summed E-state index contributed by atoms with van der Waals surface area (Å²) in [6, 6.07) is 13.3. The number of anilines is 2. The Morgan fingerprint density at radius 2 is 1.76 bits per heavy atom. The van der Waals surface area contributed by atoms with E-state index in [2.05, 4.69) is 13.0 Å². The number of hydrogen-bond donors (Lipinski definition) is 2. The summed E-state index contributed by atoms with van der Waals surface area (Å²) in [5, 5.41) is 0. The summed E-state index contributed by atoms with van der Waals surface area (Å²) >= 11 is 0. The molecule has 0 aliphatic carbocycles. The van der Waals surface area contributed by atoms with E-state index >= 15 is 0 Å². The molecule has 0 aliphatic rings. The van der Waals surface area contributed by atoms with Gasteiger partial charge in [-0.25, -0.2) is 0 Å². The van der Waals surface area contributed by atoms with Crippen molar-refractivity contribution in [2.24, 2.45) is 0 Å². The van der Waals surface area contributed by atoms with Gasteiger partial charge in [0.25, 0.3) is 0 Å². The molecule has 2 aromatic carbocycles. The van der Waals surface area contributed by atoms with Gasteiger partial charge in [0.05, 0.1) is 11.4 Å². The fourth-order valence-electron chi connectivity index (χ4n) is 1.64. The Balaban J connectivity index is 2.28. The molecule has 2 rings (SSSR count). The highest BCUT2D eigenvalue weighted by molar-refractivity contribution is 5.65. The first-order valence-electron chi connectivity index (χ1n) is 5.61. The van der Waals surface area contributed by atoms with Crippen LogP contribution in [0.2, 0.25) is 0 Å². The van der Waals surface area contributed by atoms with Crippen molar-refractivity contribution in [2.45, 2.75) is 13.3 Å². The molecular formula is C14H16N2O. The van der Waals surface area contributed by atoms with Crippen molar-refractivity contribution < 1.29 is 4.74 Å². The van der Waals surface area contributed by atoms with E-state index in [9.17, 15) is 0 Å². The second kappa shape index (κ2) is 4.78. The third kappa shape index (κ3) is 2.50. The van der Waals surface area contributed by atoms with Crippen LogP contribution in [0.15, 0.2) is 42.5 Å². The Kier molecular flexibility index (Phi) is 3.19. The molecule has 0 radical (unpaired) electrons. The van der Waals surface area contributed by atoms with E-state index in [1.165, 1.54) is 5.56 Å². The molecule has 0 unspecified atom stereocenters. The Morgan fingerprint density at radius 1 is 1.00 bits per heavy atom. The molecule has 0 saturated carbocycles. The molecule has 2 aromatic rings. The molecule has 0 saturated heterocycles. The van der Waals surface area contributed by atoms with Gasteiger partial charge in [0, 0.05) is 6.07 Å². The van der Waals surface area contributed by atoms with Gasteiger partial charge in [-0.05, 0) is 30.2 Å². The molecule has 0 amide bonds. The lowest BCUT2D eigenvalue weighted by Crippen LogP contribution is -1.95. The van der Waals surface area contributed by atoms with Gasteiger partial charge in [0.2, 0.25) is 0 Å². The fourth-order valence-corrected chi connectivity index (χ4v) is 1.64. The minimum atomic E-state index is 0.538. The summed E-state index contributed by atoms with van der Waals surface area (Å²) in [6.07, 6.45) is 0.931. The number of para-hydroxylation sites is 1. The first-order chi connectivity index (χ1) is 8.20. The van der Waals surface area contributed by atoms with Crippen molar-refractivity contribution in [1.29, 1.82) is 0 Å². The topological polar surface area (TPSA) is 61.3 Å². The maximum Gasteiger partial charge on any atom is 0.130 e. The van der Waals surface area contributed by atoms with E-state index in [-0.39, 0.29) is 0 Å². The van der Waals surface area contributed by atoms with Gasteiger partial charge >= 0.3 is 0 Å². The van der Waals surface area contributed by atoms with Gasteiger partial charge in [-0.2, -0.15) is 0 Å². The normalized spacial score (nSPS) is 10.2. The smallest absolute Gasteiger partial charge is 0.130 e. The summed E-state index contributed by atoms with van der Waals surface area (Å²) in [6.45, 7) is 2.10. The number of benzene rings is 2. The fraction of sp³-hybridized carbons (Fsp3) is 0.143. The molecule has 0 aromatic heterocycles. The van der Waals surface area contributed by atoms with E-state index < -0.39 is 0 Å². The highest BCUT2D eigenvalue weighted by Crippen LogP contribution is 2.28. The van der Waals surface area contributed by atoms with Gasteiger partial charge in [-0.15, -0.1) is 0 Å². The average Bonchev–Trinajstić information content (AvgIpc) is 2.34. The van der Waals surface area contributed by atoms with Crippen LogP contribution in [0.4, 0.5) is 11.4 Å². The molecule has 3 heteroatoms. The second-order valence-electron chi connectivity index (χ2n) is 3.85. The van der Waals surface area contributed by atoms with Crippen LogP contribution in [0, 0.1) is 0 Å². The first kappa shape index (κ1) is 11.3. The summed E-state index contributed by atoms with van der Waals surface area (Å²) in [4.78, 5) is 0. The molecule has 88 valence electrons. The summed E-state index contributed by atoms with van der Waals surface area (Å²) in [5.74, 6) is 1.57. The number of aryl methyl sites for hydroxylation is 1. The lowest BCUT2D eigenvalue weighted by Gasteiger charge is -2.10. The van der Waals surface area contributed by atoms with Gasteiger partial charge in [-0.1, -0.05) is 25.1 Å². The summed E-state index contributed by atoms with van der Waals surface area (Å²) in [7, 11) is 0. The van der Waals surface area contributed by atoms with E-state index in [0.29, 0.717) is 17.1 Å². The average molecular weight is 228 g/mol. The Hall–Kier alpha value is -2.16. The summed E-state index contributed by atoms with van der Waals surface area (Å²) in [5.41, 5.74) is 13.7. The minimum absolute atomic E-state index is 0.538. The predicted molar refractivity (Wildman–Crippen MR) is 71.2 cm³/mol. The van der Waals surface area contributed by atoms with Crippen LogP contribution in [0.3, 0.4) is 0 Å². The van der Waals surface area contributed by atoms with E-state index in [1.807, 2.05) is 24.3 Å². The molecular weight excluding hydrogens is 212 g/mol. The third-order valence-electron chi connectivity index (χ3n) is 2.64. The molecule has 0 bridgehead atoms. The van der Waals surface area contributed by atoms with Crippen molar-refractivity contribution in [1.82, 2.24) is 0 Å². The second-order valence-corrected chi connectivity index (χ2v) is 3.85. The molecule has 0 fully saturated rings. The number of ether oxygens (including phenoxy) is 1. The van der Waals surface area contributed by atoms with Gasteiger partial charge in [0.15, 0.2) is 0 Å². The number of nitrogens with two attached hydrogens (primary N) is 2. The number of nitrogen functional groups attached to an aromatic ring is 2. The van der Waals surface area contributed by atoms with Gasteiger partial charge in [-0.3, -0.25) is 0 Å². The third-order valence-corrected chi connectivity index (χ3v) is 2.64. The Bertz CT molecular complexity index is 523. The zero-order chi connectivity index (χ0) is 12.3. The van der Waals surface area contributed by atoms with Crippen molar-refractivity contribution >= 4 is 11.4 Å². The zero-order valence-corrected chi connectivity index (χ0v) is 9.81. The van der Waals surface area contributed by atoms with Crippen LogP contribution < -0.4 is 16.2 Å². The predicted octanol–water partition coefficient (Wildman–Crippen LogP) is 3.21. The number of rotatable bonds is 3. The van der Waals surface area contributed by atoms with Crippen LogP contribution in [0.1, 0.15) is 12.5 Å². The maximum atomic E-state index is 5.80. The van der Waals surface area contributed by atoms with Crippen LogP contribution >= 0.6 is 0 Å². The van der Waals surface area contributed by atoms with Crippen molar-refractivity contribution in [3.8, 4) is 11.5 Å². The molecule has 0 aliphatic heterocycles. The molecule has 0 heterocycles. The van der Waals surface area contributed by atoms with Gasteiger partial charge < -0.3 is 16.2 Å². The van der Waals surface area contributed by atoms with Crippen LogP contribution in [0.5, 0.6) is 11.5 Å². The first-order valence-corrected chi connectivity index (χ1v) is 5.61. The molecule has 17 heavy (non-hydrogen) atoms. The van der Waals surface area contributed by atoms with Crippen LogP contribution in [0.25, 0.3) is 0 Å². The molecule has 0 spiro atoms. The zero-order valence-electron chi connectivity index (χ0n) is 9.81. The van der Waals surface area contributed by atoms with E-state index in [4.69, 9.17) is 16.2 Å². The lowest BCUT2D eigenvalue weighted by molar-refractivity contribution is 0.477. The number of hydrogen-bond acceptors (Lipinski definition) is 3. The Labute approximate surface area is 101 Å². The van der Waals surface area contributed by atoms with Crippen LogP contribution in [-0.2, 0) is 6.42 Å². The van der Waals surface area contributed by atoms with Gasteiger partial charge in [0.1, 0.15) is 11.5 Å². The maximum absolute atomic E-state index is 5.80. The minimum Gasteiger partial charge on any atom is -0.457 e. The standard InChI is InChI=1S/C14H16N2O/c1-2-10-5-3-4-6-14(10)17-11-7-8-12(15)13(16)9-11/h3-9H,2,15-16H2,1H3. The molecule has 3 nitrogen and oxygen atoms in total. The molecule has 0 atom stereocenters. The Morgan fingerprint density at radius 3 is 2.47 bits per heavy atom. The lowest BCUT2D eigenvalue weighted by atomic mass is 10.1. The quantitative estimate of drug-likeness (QED) is 0.793.